The zero-order valence-corrected chi connectivity index (χ0v) is 13.1. The van der Waals surface area contributed by atoms with Gasteiger partial charge in [0.1, 0.15) is 0 Å². The summed E-state index contributed by atoms with van der Waals surface area (Å²) in [6, 6.07) is 5.81. The van der Waals surface area contributed by atoms with Gasteiger partial charge in [0.15, 0.2) is 0 Å². The van der Waals surface area contributed by atoms with Crippen molar-refractivity contribution in [3.05, 3.63) is 28.2 Å². The standard InChI is InChI=1S/C14H18BrNOS/c1-14(2)6-5-9(8-14)16-13(17)11-7-10(18)3-4-12(11)15/h3-4,7,9,18H,5-6,8H2,1-2H3,(H,16,17). The summed E-state index contributed by atoms with van der Waals surface area (Å²) in [5.41, 5.74) is 1.01. The molecule has 1 fully saturated rings. The first-order valence-corrected chi connectivity index (χ1v) is 7.41. The molecule has 1 amide bonds. The average Bonchev–Trinajstić information content (AvgIpc) is 2.61. The van der Waals surface area contributed by atoms with Crippen LogP contribution in [0, 0.1) is 5.41 Å². The van der Waals surface area contributed by atoms with Crippen LogP contribution in [0.5, 0.6) is 0 Å². The van der Waals surface area contributed by atoms with Crippen LogP contribution in [-0.4, -0.2) is 11.9 Å². The minimum atomic E-state index is -0.0134. The Morgan fingerprint density at radius 3 is 2.83 bits per heavy atom. The van der Waals surface area contributed by atoms with E-state index in [9.17, 15) is 4.79 Å². The molecule has 0 bridgehead atoms. The topological polar surface area (TPSA) is 29.1 Å². The molecular weight excluding hydrogens is 310 g/mol. The molecule has 0 saturated heterocycles. The van der Waals surface area contributed by atoms with Gasteiger partial charge in [-0.05, 0) is 58.8 Å². The second-order valence-electron chi connectivity index (χ2n) is 5.74. The van der Waals surface area contributed by atoms with Crippen LogP contribution in [-0.2, 0) is 0 Å². The Morgan fingerprint density at radius 1 is 1.50 bits per heavy atom. The summed E-state index contributed by atoms with van der Waals surface area (Å²) in [5, 5.41) is 3.12. The van der Waals surface area contributed by atoms with Crippen molar-refractivity contribution in [2.24, 2.45) is 5.41 Å². The van der Waals surface area contributed by atoms with Crippen molar-refractivity contribution in [3.63, 3.8) is 0 Å². The predicted molar refractivity (Wildman–Crippen MR) is 80.3 cm³/mol. The Hall–Kier alpha value is -0.480. The molecule has 1 N–H and O–H groups in total. The predicted octanol–water partition coefficient (Wildman–Crippen LogP) is 4.05. The summed E-state index contributed by atoms with van der Waals surface area (Å²) in [6.07, 6.45) is 3.29. The lowest BCUT2D eigenvalue weighted by molar-refractivity contribution is 0.0935. The molecule has 1 atom stereocenters. The van der Waals surface area contributed by atoms with Crippen molar-refractivity contribution in [3.8, 4) is 0 Å². The van der Waals surface area contributed by atoms with Gasteiger partial charge in [0.2, 0.25) is 0 Å². The monoisotopic (exact) mass is 327 g/mol. The van der Waals surface area contributed by atoms with Crippen LogP contribution in [0.1, 0.15) is 43.5 Å². The molecule has 0 radical (unpaired) electrons. The van der Waals surface area contributed by atoms with E-state index in [2.05, 4.69) is 47.7 Å². The Bertz CT molecular complexity index is 473. The fourth-order valence-electron chi connectivity index (χ4n) is 2.51. The molecule has 1 unspecified atom stereocenters. The van der Waals surface area contributed by atoms with Crippen molar-refractivity contribution in [2.45, 2.75) is 44.0 Å². The number of hydrogen-bond acceptors (Lipinski definition) is 2. The zero-order valence-electron chi connectivity index (χ0n) is 10.7. The van der Waals surface area contributed by atoms with Gasteiger partial charge >= 0.3 is 0 Å². The van der Waals surface area contributed by atoms with Gasteiger partial charge < -0.3 is 5.32 Å². The number of carbonyl (C=O) groups excluding carboxylic acids is 1. The SMILES string of the molecule is CC1(C)CCC(NC(=O)c2cc(S)ccc2Br)C1. The van der Waals surface area contributed by atoms with E-state index in [0.29, 0.717) is 17.0 Å². The molecule has 1 aliphatic rings. The van der Waals surface area contributed by atoms with E-state index in [4.69, 9.17) is 0 Å². The Balaban J connectivity index is 2.06. The van der Waals surface area contributed by atoms with E-state index in [1.807, 2.05) is 12.1 Å². The van der Waals surface area contributed by atoms with Crippen LogP contribution in [0.15, 0.2) is 27.6 Å². The normalized spacial score (nSPS) is 21.9. The maximum atomic E-state index is 12.2. The molecule has 1 aromatic carbocycles. The van der Waals surface area contributed by atoms with Crippen LogP contribution >= 0.6 is 28.6 Å². The van der Waals surface area contributed by atoms with Crippen molar-refractivity contribution < 1.29 is 4.79 Å². The lowest BCUT2D eigenvalue weighted by Crippen LogP contribution is -2.33. The lowest BCUT2D eigenvalue weighted by atomic mass is 9.92. The first-order chi connectivity index (χ1) is 8.37. The third-order valence-electron chi connectivity index (χ3n) is 3.50. The molecule has 1 saturated carbocycles. The molecule has 2 nitrogen and oxygen atoms in total. The highest BCUT2D eigenvalue weighted by atomic mass is 79.9. The highest BCUT2D eigenvalue weighted by Gasteiger charge is 2.31. The molecule has 1 aromatic rings. The van der Waals surface area contributed by atoms with Crippen molar-refractivity contribution in [1.29, 1.82) is 0 Å². The quantitative estimate of drug-likeness (QED) is 0.788. The molecule has 0 heterocycles. The lowest BCUT2D eigenvalue weighted by Gasteiger charge is -2.18. The molecule has 0 aliphatic heterocycles. The van der Waals surface area contributed by atoms with Gasteiger partial charge in [0, 0.05) is 15.4 Å². The van der Waals surface area contributed by atoms with Crippen LogP contribution < -0.4 is 5.32 Å². The second-order valence-corrected chi connectivity index (χ2v) is 7.11. The molecular formula is C14H18BrNOS. The van der Waals surface area contributed by atoms with Gasteiger partial charge in [-0.1, -0.05) is 13.8 Å². The molecule has 4 heteroatoms. The Morgan fingerprint density at radius 2 is 2.22 bits per heavy atom. The summed E-state index contributed by atoms with van der Waals surface area (Å²) >= 11 is 7.68. The van der Waals surface area contributed by atoms with Crippen molar-refractivity contribution in [1.82, 2.24) is 5.32 Å². The van der Waals surface area contributed by atoms with E-state index < -0.39 is 0 Å². The van der Waals surface area contributed by atoms with Crippen LogP contribution in [0.3, 0.4) is 0 Å². The number of hydrogen-bond donors (Lipinski definition) is 2. The summed E-state index contributed by atoms with van der Waals surface area (Å²) in [4.78, 5) is 13.0. The zero-order chi connectivity index (χ0) is 13.3. The number of thiol groups is 1. The Labute approximate surface area is 122 Å². The molecule has 98 valence electrons. The minimum Gasteiger partial charge on any atom is -0.349 e. The van der Waals surface area contributed by atoms with Gasteiger partial charge in [-0.2, -0.15) is 0 Å². The summed E-state index contributed by atoms with van der Waals surface area (Å²) < 4.78 is 0.815. The second kappa shape index (κ2) is 5.25. The van der Waals surface area contributed by atoms with Gasteiger partial charge in [-0.25, -0.2) is 0 Å². The first-order valence-electron chi connectivity index (χ1n) is 6.17. The van der Waals surface area contributed by atoms with Gasteiger partial charge in [0.25, 0.3) is 5.91 Å². The number of nitrogens with one attached hydrogen (secondary N) is 1. The molecule has 1 aliphatic carbocycles. The average molecular weight is 328 g/mol. The third kappa shape index (κ3) is 3.29. The fourth-order valence-corrected chi connectivity index (χ4v) is 3.14. The van der Waals surface area contributed by atoms with Gasteiger partial charge in [-0.3, -0.25) is 4.79 Å². The highest BCUT2D eigenvalue weighted by molar-refractivity contribution is 9.10. The first kappa shape index (κ1) is 13.9. The van der Waals surface area contributed by atoms with Gasteiger partial charge in [0.05, 0.1) is 5.56 Å². The third-order valence-corrected chi connectivity index (χ3v) is 4.47. The summed E-state index contributed by atoms with van der Waals surface area (Å²) in [5.74, 6) is -0.0134. The molecule has 0 aromatic heterocycles. The molecule has 2 rings (SSSR count). The number of carbonyl (C=O) groups is 1. The largest absolute Gasteiger partial charge is 0.349 e. The van der Waals surface area contributed by atoms with Crippen molar-refractivity contribution >= 4 is 34.5 Å². The minimum absolute atomic E-state index is 0.0134. The van der Waals surface area contributed by atoms with E-state index in [1.165, 1.54) is 6.42 Å². The number of amides is 1. The van der Waals surface area contributed by atoms with E-state index >= 15 is 0 Å². The van der Waals surface area contributed by atoms with E-state index in [1.54, 1.807) is 6.07 Å². The number of rotatable bonds is 2. The maximum Gasteiger partial charge on any atom is 0.252 e. The fraction of sp³-hybridized carbons (Fsp3) is 0.500. The molecule has 18 heavy (non-hydrogen) atoms. The maximum absolute atomic E-state index is 12.2. The van der Waals surface area contributed by atoms with Crippen LogP contribution in [0.25, 0.3) is 0 Å². The van der Waals surface area contributed by atoms with Crippen LogP contribution in [0.4, 0.5) is 0 Å². The van der Waals surface area contributed by atoms with E-state index in [-0.39, 0.29) is 5.91 Å². The molecule has 0 spiro atoms. The number of benzene rings is 1. The number of halogens is 1. The Kier molecular flexibility index (Phi) is 4.07. The van der Waals surface area contributed by atoms with Crippen LogP contribution in [0.2, 0.25) is 0 Å². The van der Waals surface area contributed by atoms with Gasteiger partial charge in [-0.15, -0.1) is 12.6 Å². The smallest absolute Gasteiger partial charge is 0.252 e. The highest BCUT2D eigenvalue weighted by Crippen LogP contribution is 2.37. The summed E-state index contributed by atoms with van der Waals surface area (Å²) in [7, 11) is 0. The van der Waals surface area contributed by atoms with E-state index in [0.717, 1.165) is 22.2 Å². The summed E-state index contributed by atoms with van der Waals surface area (Å²) in [6.45, 7) is 4.51. The van der Waals surface area contributed by atoms with Crippen molar-refractivity contribution in [2.75, 3.05) is 0 Å².